The van der Waals surface area contributed by atoms with Gasteiger partial charge in [-0.15, -0.1) is 11.3 Å². The molecule has 1 radical (unpaired) electrons. The molecular weight excluding hydrogens is 232 g/mol. The van der Waals surface area contributed by atoms with Crippen molar-refractivity contribution in [1.82, 2.24) is 0 Å². The van der Waals surface area contributed by atoms with Gasteiger partial charge >= 0.3 is 0 Å². The summed E-state index contributed by atoms with van der Waals surface area (Å²) in [6.07, 6.45) is 3.14. The number of methoxy groups -OCH3 is 1. The smallest absolute Gasteiger partial charge is 0.121 e. The van der Waals surface area contributed by atoms with Crippen LogP contribution in [0.3, 0.4) is 0 Å². The number of rotatable bonds is 2. The number of hydrogen-bond donors (Lipinski definition) is 2. The molecule has 4 heteroatoms. The summed E-state index contributed by atoms with van der Waals surface area (Å²) in [4.78, 5) is 1.16. The van der Waals surface area contributed by atoms with Gasteiger partial charge < -0.3 is 15.4 Å². The maximum Gasteiger partial charge on any atom is 0.121 e. The van der Waals surface area contributed by atoms with Crippen LogP contribution >= 0.6 is 11.3 Å². The minimum atomic E-state index is 0.838. The predicted molar refractivity (Wildman–Crippen MR) is 71.2 cm³/mol. The van der Waals surface area contributed by atoms with Crippen LogP contribution in [0.5, 0.6) is 5.75 Å². The highest BCUT2D eigenvalue weighted by molar-refractivity contribution is 7.11. The van der Waals surface area contributed by atoms with Gasteiger partial charge in [-0.1, -0.05) is 6.07 Å². The molecule has 17 heavy (non-hydrogen) atoms. The van der Waals surface area contributed by atoms with Gasteiger partial charge in [-0.2, -0.15) is 0 Å². The van der Waals surface area contributed by atoms with Gasteiger partial charge in [0.25, 0.3) is 0 Å². The van der Waals surface area contributed by atoms with Gasteiger partial charge in [0, 0.05) is 6.07 Å². The Morgan fingerprint density at radius 1 is 1.24 bits per heavy atom. The lowest BCUT2D eigenvalue weighted by molar-refractivity contribution is 0.415. The van der Waals surface area contributed by atoms with Gasteiger partial charge in [0.15, 0.2) is 0 Å². The molecule has 0 fully saturated rings. The van der Waals surface area contributed by atoms with E-state index < -0.39 is 0 Å². The molecule has 0 bridgehead atoms. The first-order valence-electron chi connectivity index (χ1n) is 5.25. The first kappa shape index (κ1) is 10.2. The van der Waals surface area contributed by atoms with Crippen LogP contribution in [0.1, 0.15) is 4.88 Å². The third-order valence-electron chi connectivity index (χ3n) is 2.58. The zero-order valence-corrected chi connectivity index (χ0v) is 10.1. The van der Waals surface area contributed by atoms with E-state index in [-0.39, 0.29) is 0 Å². The van der Waals surface area contributed by atoms with Gasteiger partial charge in [-0.05, 0) is 23.6 Å². The third-order valence-corrected chi connectivity index (χ3v) is 3.46. The standard InChI is InChI=1S/C13H11N2OS/c1-16-9-4-5-10-11(7-9)15-12(8-14-10)13-3-2-6-17-13/h2-7,14-15H,1H3. The minimum Gasteiger partial charge on any atom is -0.497 e. The zero-order valence-electron chi connectivity index (χ0n) is 9.28. The second-order valence-corrected chi connectivity index (χ2v) is 4.59. The fourth-order valence-corrected chi connectivity index (χ4v) is 2.38. The van der Waals surface area contributed by atoms with Crippen LogP contribution in [0, 0.1) is 6.20 Å². The lowest BCUT2D eigenvalue weighted by atomic mass is 10.2. The Hall–Kier alpha value is -1.94. The summed E-state index contributed by atoms with van der Waals surface area (Å²) in [5, 5.41) is 8.55. The molecule has 3 rings (SSSR count). The van der Waals surface area contributed by atoms with Crippen molar-refractivity contribution in [2.75, 3.05) is 17.7 Å². The highest BCUT2D eigenvalue weighted by Crippen LogP contribution is 2.33. The summed E-state index contributed by atoms with van der Waals surface area (Å²) in [6, 6.07) is 9.95. The Morgan fingerprint density at radius 3 is 2.94 bits per heavy atom. The van der Waals surface area contributed by atoms with E-state index in [9.17, 15) is 0 Å². The lowest BCUT2D eigenvalue weighted by Gasteiger charge is -2.19. The van der Waals surface area contributed by atoms with Crippen molar-refractivity contribution in [3.8, 4) is 5.75 Å². The molecule has 1 aliphatic rings. The van der Waals surface area contributed by atoms with E-state index in [1.807, 2.05) is 29.6 Å². The van der Waals surface area contributed by atoms with E-state index in [2.05, 4.69) is 22.9 Å². The summed E-state index contributed by atoms with van der Waals surface area (Å²) in [5.41, 5.74) is 2.97. The molecule has 0 saturated heterocycles. The first-order valence-corrected chi connectivity index (χ1v) is 6.13. The van der Waals surface area contributed by atoms with Gasteiger partial charge in [-0.25, -0.2) is 0 Å². The summed E-state index contributed by atoms with van der Waals surface area (Å²) < 4.78 is 5.21. The van der Waals surface area contributed by atoms with E-state index in [0.717, 1.165) is 27.7 Å². The molecule has 0 unspecified atom stereocenters. The Bertz CT molecular complexity index is 561. The molecule has 85 valence electrons. The number of benzene rings is 1. The van der Waals surface area contributed by atoms with Gasteiger partial charge in [0.05, 0.1) is 35.3 Å². The summed E-state index contributed by atoms with van der Waals surface area (Å²) >= 11 is 1.68. The maximum absolute atomic E-state index is 5.21. The molecule has 0 spiro atoms. The topological polar surface area (TPSA) is 33.3 Å². The van der Waals surface area contributed by atoms with Gasteiger partial charge in [0.2, 0.25) is 0 Å². The lowest BCUT2D eigenvalue weighted by Crippen LogP contribution is -2.09. The van der Waals surface area contributed by atoms with Crippen molar-refractivity contribution in [3.05, 3.63) is 46.8 Å². The second kappa shape index (κ2) is 4.14. The van der Waals surface area contributed by atoms with Crippen LogP contribution in [0.15, 0.2) is 35.7 Å². The quantitative estimate of drug-likeness (QED) is 0.848. The van der Waals surface area contributed by atoms with E-state index in [1.54, 1.807) is 18.4 Å². The van der Waals surface area contributed by atoms with E-state index in [1.165, 1.54) is 0 Å². The monoisotopic (exact) mass is 243 g/mol. The van der Waals surface area contributed by atoms with Gasteiger partial charge in [-0.3, -0.25) is 0 Å². The van der Waals surface area contributed by atoms with Crippen molar-refractivity contribution in [2.45, 2.75) is 0 Å². The molecule has 2 heterocycles. The van der Waals surface area contributed by atoms with Crippen LogP contribution in [0.25, 0.3) is 5.70 Å². The average molecular weight is 243 g/mol. The predicted octanol–water partition coefficient (Wildman–Crippen LogP) is 3.40. The number of thiophene rings is 1. The van der Waals surface area contributed by atoms with Crippen molar-refractivity contribution in [2.24, 2.45) is 0 Å². The fraction of sp³-hybridized carbons (Fsp3) is 0.0769. The Balaban J connectivity index is 1.94. The highest BCUT2D eigenvalue weighted by Gasteiger charge is 2.13. The van der Waals surface area contributed by atoms with Gasteiger partial charge in [0.1, 0.15) is 5.75 Å². The fourth-order valence-electron chi connectivity index (χ4n) is 1.70. The average Bonchev–Trinajstić information content (AvgIpc) is 2.91. The van der Waals surface area contributed by atoms with Crippen LogP contribution in [0.2, 0.25) is 0 Å². The SMILES string of the molecule is COc1ccc2c(c1)NC(c1cccs1)=[C]N2. The Labute approximate surface area is 104 Å². The normalized spacial score (nSPS) is 13.1. The van der Waals surface area contributed by atoms with Crippen LogP contribution in [-0.2, 0) is 0 Å². The molecule has 0 atom stereocenters. The summed E-state index contributed by atoms with van der Waals surface area (Å²) in [7, 11) is 1.67. The van der Waals surface area contributed by atoms with E-state index in [4.69, 9.17) is 4.74 Å². The number of fused-ring (bicyclic) bond motifs is 1. The summed E-state index contributed by atoms with van der Waals surface area (Å²) in [5.74, 6) is 0.838. The Kier molecular flexibility index (Phi) is 2.49. The number of hydrogen-bond acceptors (Lipinski definition) is 4. The summed E-state index contributed by atoms with van der Waals surface area (Å²) in [6.45, 7) is 0. The van der Waals surface area contributed by atoms with Crippen molar-refractivity contribution in [1.29, 1.82) is 0 Å². The third kappa shape index (κ3) is 1.87. The molecule has 1 aliphatic heterocycles. The molecule has 0 saturated carbocycles. The molecule has 0 aliphatic carbocycles. The number of ether oxygens (including phenoxy) is 1. The zero-order chi connectivity index (χ0) is 11.7. The number of nitrogens with one attached hydrogen (secondary N) is 2. The minimum absolute atomic E-state index is 0.838. The first-order chi connectivity index (χ1) is 8.36. The van der Waals surface area contributed by atoms with Crippen LogP contribution in [0.4, 0.5) is 11.4 Å². The highest BCUT2D eigenvalue weighted by atomic mass is 32.1. The molecule has 1 aromatic carbocycles. The molecule has 0 amide bonds. The number of anilines is 2. The largest absolute Gasteiger partial charge is 0.497 e. The van der Waals surface area contributed by atoms with Crippen LogP contribution in [-0.4, -0.2) is 7.11 Å². The van der Waals surface area contributed by atoms with E-state index in [0.29, 0.717) is 0 Å². The second-order valence-electron chi connectivity index (χ2n) is 3.64. The van der Waals surface area contributed by atoms with Crippen molar-refractivity contribution >= 4 is 28.4 Å². The Morgan fingerprint density at radius 2 is 2.18 bits per heavy atom. The van der Waals surface area contributed by atoms with E-state index >= 15 is 0 Å². The molecule has 1 aromatic heterocycles. The molecular formula is C13H11N2OS. The molecule has 2 N–H and O–H groups in total. The van der Waals surface area contributed by atoms with Crippen molar-refractivity contribution < 1.29 is 4.74 Å². The van der Waals surface area contributed by atoms with Crippen LogP contribution < -0.4 is 15.4 Å². The molecule has 3 nitrogen and oxygen atoms in total. The van der Waals surface area contributed by atoms with Crippen molar-refractivity contribution in [3.63, 3.8) is 0 Å². The maximum atomic E-state index is 5.21. The molecule has 2 aromatic rings.